The van der Waals surface area contributed by atoms with E-state index in [9.17, 15) is 4.79 Å². The molecule has 0 saturated carbocycles. The van der Waals surface area contributed by atoms with Gasteiger partial charge in [0.15, 0.2) is 0 Å². The highest BCUT2D eigenvalue weighted by atomic mass is 32.2. The third kappa shape index (κ3) is 2.37. The zero-order valence-electron chi connectivity index (χ0n) is 10.3. The zero-order valence-corrected chi connectivity index (χ0v) is 11.1. The van der Waals surface area contributed by atoms with Gasteiger partial charge in [0.05, 0.1) is 6.54 Å². The molecular weight excluding hydrogens is 258 g/mol. The topological polar surface area (TPSA) is 52.3 Å². The lowest BCUT2D eigenvalue weighted by atomic mass is 10.0. The summed E-state index contributed by atoms with van der Waals surface area (Å²) < 4.78 is 5.30. The number of ether oxygens (including phenoxy) is 1. The predicted octanol–water partition coefficient (Wildman–Crippen LogP) is 2.61. The molecule has 0 amide bonds. The van der Waals surface area contributed by atoms with Crippen molar-refractivity contribution in [3.8, 4) is 5.75 Å². The van der Waals surface area contributed by atoms with Crippen molar-refractivity contribution in [1.29, 1.82) is 0 Å². The number of nitrogens with two attached hydrogens (primary N) is 1. The second kappa shape index (κ2) is 5.07. The summed E-state index contributed by atoms with van der Waals surface area (Å²) in [6.45, 7) is -0.104. The maximum Gasteiger partial charge on any atom is 0.325 e. The summed E-state index contributed by atoms with van der Waals surface area (Å²) in [5, 5.41) is 0. The van der Waals surface area contributed by atoms with Crippen LogP contribution in [0, 0.1) is 0 Å². The Morgan fingerprint density at radius 3 is 2.79 bits per heavy atom. The van der Waals surface area contributed by atoms with E-state index >= 15 is 0 Å². The minimum Gasteiger partial charge on any atom is -0.425 e. The van der Waals surface area contributed by atoms with Gasteiger partial charge in [0.1, 0.15) is 5.75 Å². The smallest absolute Gasteiger partial charge is 0.325 e. The SMILES string of the molecule is NCC(=O)Oc1cccc2c1Cc1ccccc1S2. The summed E-state index contributed by atoms with van der Waals surface area (Å²) in [6, 6.07) is 14.1. The van der Waals surface area contributed by atoms with Gasteiger partial charge in [-0.1, -0.05) is 36.0 Å². The highest BCUT2D eigenvalue weighted by molar-refractivity contribution is 7.99. The van der Waals surface area contributed by atoms with Crippen LogP contribution in [0.15, 0.2) is 52.3 Å². The number of carbonyl (C=O) groups is 1. The lowest BCUT2D eigenvalue weighted by Gasteiger charge is -2.20. The molecule has 0 fully saturated rings. The summed E-state index contributed by atoms with van der Waals surface area (Å²) in [4.78, 5) is 13.8. The molecule has 0 radical (unpaired) electrons. The minimum absolute atomic E-state index is 0.104. The highest BCUT2D eigenvalue weighted by Gasteiger charge is 2.20. The minimum atomic E-state index is -0.405. The molecule has 1 heterocycles. The van der Waals surface area contributed by atoms with Gasteiger partial charge in [0, 0.05) is 21.8 Å². The van der Waals surface area contributed by atoms with E-state index in [0.29, 0.717) is 5.75 Å². The van der Waals surface area contributed by atoms with Crippen molar-refractivity contribution in [2.45, 2.75) is 16.2 Å². The van der Waals surface area contributed by atoms with Crippen LogP contribution < -0.4 is 10.5 Å². The van der Waals surface area contributed by atoms with Crippen molar-refractivity contribution in [2.24, 2.45) is 5.73 Å². The first-order valence-electron chi connectivity index (χ1n) is 6.06. The van der Waals surface area contributed by atoms with Crippen LogP contribution in [0.25, 0.3) is 0 Å². The van der Waals surface area contributed by atoms with Crippen molar-refractivity contribution in [3.63, 3.8) is 0 Å². The van der Waals surface area contributed by atoms with Crippen LogP contribution in [0.3, 0.4) is 0 Å². The standard InChI is InChI=1S/C15H13NO2S/c16-9-15(17)18-12-5-3-7-14-11(12)8-10-4-1-2-6-13(10)19-14/h1-7H,8-9,16H2. The molecule has 2 aromatic carbocycles. The molecule has 1 aliphatic heterocycles. The number of carbonyl (C=O) groups excluding carboxylic acids is 1. The van der Waals surface area contributed by atoms with Gasteiger partial charge in [-0.2, -0.15) is 0 Å². The lowest BCUT2D eigenvalue weighted by molar-refractivity contribution is -0.132. The van der Waals surface area contributed by atoms with Crippen molar-refractivity contribution in [1.82, 2.24) is 0 Å². The Hall–Kier alpha value is -1.78. The van der Waals surface area contributed by atoms with Crippen molar-refractivity contribution < 1.29 is 9.53 Å². The van der Waals surface area contributed by atoms with Gasteiger partial charge in [-0.15, -0.1) is 0 Å². The molecule has 0 atom stereocenters. The molecule has 0 aliphatic carbocycles. The van der Waals surface area contributed by atoms with Crippen LogP contribution in [0.4, 0.5) is 0 Å². The van der Waals surface area contributed by atoms with Gasteiger partial charge < -0.3 is 10.5 Å². The summed E-state index contributed by atoms with van der Waals surface area (Å²) in [5.41, 5.74) is 7.62. The largest absolute Gasteiger partial charge is 0.425 e. The van der Waals surface area contributed by atoms with Crippen LogP contribution in [-0.2, 0) is 11.2 Å². The molecule has 3 nitrogen and oxygen atoms in total. The van der Waals surface area contributed by atoms with E-state index < -0.39 is 5.97 Å². The van der Waals surface area contributed by atoms with Gasteiger partial charge in [0.25, 0.3) is 0 Å². The quantitative estimate of drug-likeness (QED) is 0.575. The fourth-order valence-electron chi connectivity index (χ4n) is 2.13. The Morgan fingerprint density at radius 1 is 1.16 bits per heavy atom. The number of fused-ring (bicyclic) bond motifs is 2. The van der Waals surface area contributed by atoms with Crippen molar-refractivity contribution in [2.75, 3.05) is 6.54 Å². The monoisotopic (exact) mass is 271 g/mol. The fourth-order valence-corrected chi connectivity index (χ4v) is 3.23. The van der Waals surface area contributed by atoms with E-state index in [1.54, 1.807) is 11.8 Å². The van der Waals surface area contributed by atoms with Crippen LogP contribution in [0.2, 0.25) is 0 Å². The summed E-state index contributed by atoms with van der Waals surface area (Å²) in [6.07, 6.45) is 0.784. The van der Waals surface area contributed by atoms with Crippen LogP contribution in [0.5, 0.6) is 5.75 Å². The zero-order chi connectivity index (χ0) is 13.2. The Labute approximate surface area is 115 Å². The van der Waals surface area contributed by atoms with Gasteiger partial charge in [-0.05, 0) is 23.8 Å². The maximum absolute atomic E-state index is 11.4. The Bertz CT molecular complexity index is 640. The highest BCUT2D eigenvalue weighted by Crippen LogP contribution is 2.42. The third-order valence-electron chi connectivity index (χ3n) is 3.04. The predicted molar refractivity (Wildman–Crippen MR) is 74.5 cm³/mol. The van der Waals surface area contributed by atoms with Gasteiger partial charge in [-0.25, -0.2) is 0 Å². The van der Waals surface area contributed by atoms with E-state index in [-0.39, 0.29) is 6.54 Å². The summed E-state index contributed by atoms with van der Waals surface area (Å²) in [7, 11) is 0. The third-order valence-corrected chi connectivity index (χ3v) is 4.26. The second-order valence-corrected chi connectivity index (χ2v) is 5.38. The lowest BCUT2D eigenvalue weighted by Crippen LogP contribution is -2.20. The van der Waals surface area contributed by atoms with Crippen LogP contribution >= 0.6 is 11.8 Å². The first-order chi connectivity index (χ1) is 9.28. The van der Waals surface area contributed by atoms with E-state index in [4.69, 9.17) is 10.5 Å². The first-order valence-corrected chi connectivity index (χ1v) is 6.88. The molecule has 2 aromatic rings. The molecule has 0 spiro atoms. The molecule has 96 valence electrons. The fraction of sp³-hybridized carbons (Fsp3) is 0.133. The van der Waals surface area contributed by atoms with E-state index in [2.05, 4.69) is 18.2 Å². The maximum atomic E-state index is 11.4. The number of hydrogen-bond donors (Lipinski definition) is 1. The van der Waals surface area contributed by atoms with E-state index in [1.165, 1.54) is 10.5 Å². The number of esters is 1. The molecule has 0 aromatic heterocycles. The number of hydrogen-bond acceptors (Lipinski definition) is 4. The molecule has 3 rings (SSSR count). The number of rotatable bonds is 2. The van der Waals surface area contributed by atoms with Crippen molar-refractivity contribution >= 4 is 17.7 Å². The Morgan fingerprint density at radius 2 is 1.95 bits per heavy atom. The molecule has 19 heavy (non-hydrogen) atoms. The average molecular weight is 271 g/mol. The molecule has 1 aliphatic rings. The Kier molecular flexibility index (Phi) is 3.27. The van der Waals surface area contributed by atoms with E-state index in [0.717, 1.165) is 16.9 Å². The van der Waals surface area contributed by atoms with E-state index in [1.807, 2.05) is 24.3 Å². The normalized spacial score (nSPS) is 12.5. The van der Waals surface area contributed by atoms with Crippen LogP contribution in [0.1, 0.15) is 11.1 Å². The van der Waals surface area contributed by atoms with Gasteiger partial charge >= 0.3 is 5.97 Å². The van der Waals surface area contributed by atoms with Gasteiger partial charge in [-0.3, -0.25) is 4.79 Å². The Balaban J connectivity index is 1.99. The van der Waals surface area contributed by atoms with Gasteiger partial charge in [0.2, 0.25) is 0 Å². The average Bonchev–Trinajstić information content (AvgIpc) is 2.45. The molecule has 0 saturated heterocycles. The van der Waals surface area contributed by atoms with Crippen molar-refractivity contribution in [3.05, 3.63) is 53.6 Å². The molecule has 0 bridgehead atoms. The molecule has 2 N–H and O–H groups in total. The second-order valence-electron chi connectivity index (χ2n) is 4.30. The molecule has 4 heteroatoms. The molecule has 0 unspecified atom stereocenters. The summed E-state index contributed by atoms with van der Waals surface area (Å²) in [5.74, 6) is 0.215. The summed E-state index contributed by atoms with van der Waals surface area (Å²) >= 11 is 1.71. The van der Waals surface area contributed by atoms with Crippen LogP contribution in [-0.4, -0.2) is 12.5 Å². The number of benzene rings is 2. The molecular formula is C15H13NO2S. The first kappa shape index (κ1) is 12.3.